The zero-order valence-corrected chi connectivity index (χ0v) is 13.4. The van der Waals surface area contributed by atoms with E-state index in [2.05, 4.69) is 9.97 Å². The Hall–Kier alpha value is -1.88. The van der Waals surface area contributed by atoms with E-state index in [1.165, 1.54) is 18.6 Å². The Morgan fingerprint density at radius 3 is 2.57 bits per heavy atom. The van der Waals surface area contributed by atoms with Crippen molar-refractivity contribution in [2.45, 2.75) is 44.4 Å². The van der Waals surface area contributed by atoms with Gasteiger partial charge in [0.25, 0.3) is 5.56 Å². The van der Waals surface area contributed by atoms with Gasteiger partial charge in [-0.05, 0) is 36.5 Å². The molecule has 2 aromatic rings. The minimum atomic E-state index is -0.482. The minimum absolute atomic E-state index is 0.188. The van der Waals surface area contributed by atoms with Crippen LogP contribution >= 0.6 is 11.6 Å². The zero-order valence-electron chi connectivity index (χ0n) is 12.6. The van der Waals surface area contributed by atoms with Gasteiger partial charge in [-0.25, -0.2) is 9.18 Å². The second kappa shape index (κ2) is 6.71. The van der Waals surface area contributed by atoms with Crippen molar-refractivity contribution < 1.29 is 4.39 Å². The van der Waals surface area contributed by atoms with E-state index in [9.17, 15) is 14.0 Å². The van der Waals surface area contributed by atoms with Crippen LogP contribution < -0.4 is 11.2 Å². The summed E-state index contributed by atoms with van der Waals surface area (Å²) in [5, 5.41) is 0.283. The molecule has 1 heterocycles. The molecule has 0 saturated heterocycles. The van der Waals surface area contributed by atoms with Gasteiger partial charge in [-0.15, -0.1) is 0 Å². The van der Waals surface area contributed by atoms with E-state index in [1.807, 2.05) is 0 Å². The van der Waals surface area contributed by atoms with Crippen LogP contribution in [0.5, 0.6) is 0 Å². The largest absolute Gasteiger partial charge is 0.325 e. The monoisotopic (exact) mass is 336 g/mol. The summed E-state index contributed by atoms with van der Waals surface area (Å²) in [7, 11) is 0. The first-order valence-electron chi connectivity index (χ1n) is 7.84. The normalized spacial score (nSPS) is 15.7. The van der Waals surface area contributed by atoms with Gasteiger partial charge < -0.3 is 4.98 Å². The van der Waals surface area contributed by atoms with Crippen molar-refractivity contribution >= 4 is 11.6 Å². The minimum Gasteiger partial charge on any atom is -0.311 e. The zero-order chi connectivity index (χ0) is 16.4. The molecule has 2 N–H and O–H groups in total. The molecule has 0 atom stereocenters. The van der Waals surface area contributed by atoms with Gasteiger partial charge in [0.1, 0.15) is 5.82 Å². The quantitative estimate of drug-likeness (QED) is 0.901. The average Bonchev–Trinajstić information content (AvgIpc) is 2.52. The molecule has 1 fully saturated rings. The van der Waals surface area contributed by atoms with Crippen molar-refractivity contribution in [1.82, 2.24) is 9.97 Å². The number of rotatable bonds is 3. The molecule has 23 heavy (non-hydrogen) atoms. The summed E-state index contributed by atoms with van der Waals surface area (Å²) in [6.45, 7) is 0. The fraction of sp³-hybridized carbons (Fsp3) is 0.412. The first kappa shape index (κ1) is 16.0. The van der Waals surface area contributed by atoms with Crippen molar-refractivity contribution in [3.8, 4) is 0 Å². The van der Waals surface area contributed by atoms with E-state index >= 15 is 0 Å². The molecule has 0 spiro atoms. The van der Waals surface area contributed by atoms with Crippen LogP contribution in [0.2, 0.25) is 5.02 Å². The highest BCUT2D eigenvalue weighted by atomic mass is 35.5. The maximum atomic E-state index is 13.2. The average molecular weight is 337 g/mol. The van der Waals surface area contributed by atoms with E-state index in [0.29, 0.717) is 16.8 Å². The van der Waals surface area contributed by atoms with Crippen molar-refractivity contribution in [1.29, 1.82) is 0 Å². The molecule has 0 aliphatic heterocycles. The second-order valence-corrected chi connectivity index (χ2v) is 6.46. The summed E-state index contributed by atoms with van der Waals surface area (Å²) in [6, 6.07) is 4.13. The molecular formula is C17H18ClFN2O2. The lowest BCUT2D eigenvalue weighted by Gasteiger charge is -2.23. The van der Waals surface area contributed by atoms with E-state index in [0.717, 1.165) is 25.7 Å². The maximum Gasteiger partial charge on any atom is 0.325 e. The topological polar surface area (TPSA) is 65.7 Å². The number of aromatic nitrogens is 2. The predicted molar refractivity (Wildman–Crippen MR) is 87.7 cm³/mol. The summed E-state index contributed by atoms with van der Waals surface area (Å²) in [5.74, 6) is -0.227. The van der Waals surface area contributed by atoms with Gasteiger partial charge in [-0.3, -0.25) is 9.78 Å². The molecule has 4 nitrogen and oxygen atoms in total. The van der Waals surface area contributed by atoms with Gasteiger partial charge in [0, 0.05) is 22.7 Å². The van der Waals surface area contributed by atoms with E-state index in [1.54, 1.807) is 6.07 Å². The molecular weight excluding hydrogens is 319 g/mol. The number of aromatic amines is 2. The van der Waals surface area contributed by atoms with Crippen LogP contribution in [0.3, 0.4) is 0 Å². The first-order valence-corrected chi connectivity index (χ1v) is 8.21. The Labute approximate surface area is 137 Å². The predicted octanol–water partition coefficient (Wildman–Crippen LogP) is 3.49. The highest BCUT2D eigenvalue weighted by Crippen LogP contribution is 2.33. The van der Waals surface area contributed by atoms with E-state index in [4.69, 9.17) is 11.6 Å². The summed E-state index contributed by atoms with van der Waals surface area (Å²) >= 11 is 6.08. The van der Waals surface area contributed by atoms with Crippen molar-refractivity contribution in [2.75, 3.05) is 0 Å². The molecule has 1 aromatic carbocycles. The fourth-order valence-electron chi connectivity index (χ4n) is 3.30. The molecule has 0 bridgehead atoms. The van der Waals surface area contributed by atoms with Crippen LogP contribution in [0, 0.1) is 5.82 Å². The fourth-order valence-corrected chi connectivity index (χ4v) is 3.53. The Kier molecular flexibility index (Phi) is 4.66. The summed E-state index contributed by atoms with van der Waals surface area (Å²) in [6.07, 6.45) is 5.57. The third-order valence-electron chi connectivity index (χ3n) is 4.47. The number of nitrogens with one attached hydrogen (secondary N) is 2. The molecule has 0 radical (unpaired) electrons. The lowest BCUT2D eigenvalue weighted by atomic mass is 9.84. The van der Waals surface area contributed by atoms with Crippen LogP contribution in [-0.4, -0.2) is 9.97 Å². The van der Waals surface area contributed by atoms with E-state index < -0.39 is 17.1 Å². The van der Waals surface area contributed by atoms with Gasteiger partial charge in [-0.1, -0.05) is 36.9 Å². The number of hydrogen-bond acceptors (Lipinski definition) is 2. The smallest absolute Gasteiger partial charge is 0.311 e. The van der Waals surface area contributed by atoms with Gasteiger partial charge in [-0.2, -0.15) is 0 Å². The van der Waals surface area contributed by atoms with Crippen LogP contribution in [0.15, 0.2) is 27.8 Å². The molecule has 0 amide bonds. The number of halogens is 2. The SMILES string of the molecule is O=c1[nH]c(C2CCCCC2)c(Cc2ccc(F)cc2Cl)c(=O)[nH]1. The lowest BCUT2D eigenvalue weighted by Crippen LogP contribution is -2.30. The molecule has 1 aliphatic carbocycles. The molecule has 6 heteroatoms. The summed E-state index contributed by atoms with van der Waals surface area (Å²) in [5.41, 5.74) is 1.02. The van der Waals surface area contributed by atoms with Crippen LogP contribution in [0.25, 0.3) is 0 Å². The third-order valence-corrected chi connectivity index (χ3v) is 4.82. The van der Waals surface area contributed by atoms with E-state index in [-0.39, 0.29) is 17.4 Å². The lowest BCUT2D eigenvalue weighted by molar-refractivity contribution is 0.433. The van der Waals surface area contributed by atoms with Crippen LogP contribution in [-0.2, 0) is 6.42 Å². The third kappa shape index (κ3) is 3.55. The Balaban J connectivity index is 2.03. The Bertz CT molecular complexity index is 822. The van der Waals surface area contributed by atoms with Crippen LogP contribution in [0.1, 0.15) is 54.8 Å². The molecule has 0 unspecified atom stereocenters. The molecule has 1 aromatic heterocycles. The second-order valence-electron chi connectivity index (χ2n) is 6.05. The van der Waals surface area contributed by atoms with Gasteiger partial charge in [0.05, 0.1) is 0 Å². The van der Waals surface area contributed by atoms with Crippen molar-refractivity contribution in [3.63, 3.8) is 0 Å². The maximum absolute atomic E-state index is 13.2. The standard InChI is InChI=1S/C17H18ClFN2O2/c18-14-9-12(19)7-6-11(14)8-13-15(10-4-2-1-3-5-10)20-17(23)21-16(13)22/h6-7,9-10H,1-5,8H2,(H2,20,21,22,23). The number of hydrogen-bond donors (Lipinski definition) is 2. The number of benzene rings is 1. The highest BCUT2D eigenvalue weighted by molar-refractivity contribution is 6.31. The molecule has 1 aliphatic rings. The van der Waals surface area contributed by atoms with Gasteiger partial charge >= 0.3 is 5.69 Å². The summed E-state index contributed by atoms with van der Waals surface area (Å²) < 4.78 is 13.2. The van der Waals surface area contributed by atoms with Crippen molar-refractivity contribution in [2.24, 2.45) is 0 Å². The molecule has 1 saturated carbocycles. The Morgan fingerprint density at radius 2 is 1.87 bits per heavy atom. The number of H-pyrrole nitrogens is 2. The van der Waals surface area contributed by atoms with Crippen LogP contribution in [0.4, 0.5) is 4.39 Å². The Morgan fingerprint density at radius 1 is 1.13 bits per heavy atom. The van der Waals surface area contributed by atoms with Crippen molar-refractivity contribution in [3.05, 3.63) is 66.7 Å². The summed E-state index contributed by atoms with van der Waals surface area (Å²) in [4.78, 5) is 29.1. The molecule has 122 valence electrons. The van der Waals surface area contributed by atoms with Gasteiger partial charge in [0.2, 0.25) is 0 Å². The molecule has 3 rings (SSSR count). The first-order chi connectivity index (χ1) is 11.0. The highest BCUT2D eigenvalue weighted by Gasteiger charge is 2.22. The van der Waals surface area contributed by atoms with Gasteiger partial charge in [0.15, 0.2) is 0 Å².